The molecular weight excluding hydrogens is 202 g/mol. The molecule has 0 amide bonds. The van der Waals surface area contributed by atoms with E-state index in [1.54, 1.807) is 0 Å². The Bertz CT molecular complexity index is 394. The van der Waals surface area contributed by atoms with Crippen molar-refractivity contribution in [2.75, 3.05) is 0 Å². The van der Waals surface area contributed by atoms with Crippen LogP contribution >= 0.6 is 0 Å². The quantitative estimate of drug-likeness (QED) is 0.767. The molecule has 0 aliphatic heterocycles. The number of aromatic amines is 1. The van der Waals surface area contributed by atoms with Crippen molar-refractivity contribution >= 4 is 10.0 Å². The molecule has 14 heavy (non-hydrogen) atoms. The van der Waals surface area contributed by atoms with E-state index in [4.69, 9.17) is 0 Å². The van der Waals surface area contributed by atoms with Crippen LogP contribution < -0.4 is 4.72 Å². The van der Waals surface area contributed by atoms with Gasteiger partial charge in [0.1, 0.15) is 4.90 Å². The van der Waals surface area contributed by atoms with Crippen LogP contribution in [0, 0.1) is 5.92 Å². The first kappa shape index (κ1) is 9.67. The Kier molecular flexibility index (Phi) is 2.32. The van der Waals surface area contributed by atoms with Gasteiger partial charge in [-0.25, -0.2) is 13.1 Å². The van der Waals surface area contributed by atoms with E-state index < -0.39 is 10.0 Å². The number of H-pyrrole nitrogens is 1. The summed E-state index contributed by atoms with van der Waals surface area (Å²) in [6.45, 7) is 1.90. The normalized spacial score (nSPS) is 19.5. The number of hydrogen-bond acceptors (Lipinski definition) is 3. The molecule has 1 heterocycles. The first-order chi connectivity index (χ1) is 6.59. The molecule has 2 rings (SSSR count). The third-order valence-corrected chi connectivity index (χ3v) is 3.98. The summed E-state index contributed by atoms with van der Waals surface area (Å²) in [4.78, 5) is 0.199. The van der Waals surface area contributed by atoms with E-state index in [0.717, 1.165) is 12.8 Å². The minimum absolute atomic E-state index is 0.0231. The van der Waals surface area contributed by atoms with E-state index in [0.29, 0.717) is 5.92 Å². The van der Waals surface area contributed by atoms with E-state index in [1.807, 2.05) is 6.92 Å². The number of nitrogens with zero attached hydrogens (tertiary/aromatic N) is 1. The van der Waals surface area contributed by atoms with E-state index >= 15 is 0 Å². The first-order valence-corrected chi connectivity index (χ1v) is 6.09. The number of sulfonamides is 1. The summed E-state index contributed by atoms with van der Waals surface area (Å²) in [5.41, 5.74) is 0. The fourth-order valence-corrected chi connectivity index (χ4v) is 2.61. The molecule has 0 radical (unpaired) electrons. The predicted molar refractivity (Wildman–Crippen MR) is 51.1 cm³/mol. The first-order valence-electron chi connectivity index (χ1n) is 4.61. The maximum absolute atomic E-state index is 11.7. The molecule has 0 aromatic carbocycles. The molecule has 1 aliphatic rings. The number of aromatic nitrogens is 2. The highest BCUT2D eigenvalue weighted by Gasteiger charge is 2.31. The van der Waals surface area contributed by atoms with E-state index in [1.165, 1.54) is 12.4 Å². The Balaban J connectivity index is 2.09. The molecule has 1 atom stereocenters. The lowest BCUT2D eigenvalue weighted by Gasteiger charge is -2.11. The topological polar surface area (TPSA) is 74.8 Å². The maximum atomic E-state index is 11.7. The second-order valence-electron chi connectivity index (χ2n) is 3.68. The Morgan fingerprint density at radius 3 is 2.86 bits per heavy atom. The minimum atomic E-state index is -3.36. The molecule has 5 nitrogen and oxygen atoms in total. The van der Waals surface area contributed by atoms with Crippen molar-refractivity contribution in [1.82, 2.24) is 14.9 Å². The highest BCUT2D eigenvalue weighted by atomic mass is 32.2. The van der Waals surface area contributed by atoms with Gasteiger partial charge in [-0.15, -0.1) is 0 Å². The van der Waals surface area contributed by atoms with Gasteiger partial charge in [-0.2, -0.15) is 5.10 Å². The molecule has 1 aromatic rings. The summed E-state index contributed by atoms with van der Waals surface area (Å²) in [7, 11) is -3.36. The number of nitrogens with one attached hydrogen (secondary N) is 2. The third-order valence-electron chi connectivity index (χ3n) is 2.45. The molecular formula is C8H13N3O2S. The van der Waals surface area contributed by atoms with Crippen molar-refractivity contribution < 1.29 is 8.42 Å². The van der Waals surface area contributed by atoms with Gasteiger partial charge in [-0.3, -0.25) is 5.10 Å². The van der Waals surface area contributed by atoms with Crippen molar-refractivity contribution in [3.8, 4) is 0 Å². The zero-order chi connectivity index (χ0) is 10.2. The van der Waals surface area contributed by atoms with Gasteiger partial charge in [-0.05, 0) is 25.7 Å². The van der Waals surface area contributed by atoms with Crippen LogP contribution in [0.4, 0.5) is 0 Å². The second-order valence-corrected chi connectivity index (χ2v) is 5.40. The highest BCUT2D eigenvalue weighted by Crippen LogP contribution is 2.32. The lowest BCUT2D eigenvalue weighted by atomic mass is 10.2. The molecule has 6 heteroatoms. The predicted octanol–water partition coefficient (Wildman–Crippen LogP) is 0.486. The van der Waals surface area contributed by atoms with Gasteiger partial charge in [0.15, 0.2) is 0 Å². The van der Waals surface area contributed by atoms with Crippen molar-refractivity contribution in [2.45, 2.75) is 30.7 Å². The summed E-state index contributed by atoms with van der Waals surface area (Å²) in [5, 5.41) is 6.10. The Morgan fingerprint density at radius 2 is 2.36 bits per heavy atom. The average molecular weight is 215 g/mol. The van der Waals surface area contributed by atoms with Gasteiger partial charge in [-0.1, -0.05) is 0 Å². The van der Waals surface area contributed by atoms with Crippen LogP contribution in [0.2, 0.25) is 0 Å². The van der Waals surface area contributed by atoms with Crippen LogP contribution in [0.25, 0.3) is 0 Å². The lowest BCUT2D eigenvalue weighted by Crippen LogP contribution is -2.33. The summed E-state index contributed by atoms with van der Waals surface area (Å²) >= 11 is 0. The van der Waals surface area contributed by atoms with Crippen LogP contribution in [0.15, 0.2) is 17.3 Å². The lowest BCUT2D eigenvalue weighted by molar-refractivity contribution is 0.538. The van der Waals surface area contributed by atoms with Gasteiger partial charge in [0.2, 0.25) is 10.0 Å². The van der Waals surface area contributed by atoms with Gasteiger partial charge < -0.3 is 0 Å². The summed E-state index contributed by atoms with van der Waals surface area (Å²) in [5.74, 6) is 0.511. The second kappa shape index (κ2) is 3.36. The maximum Gasteiger partial charge on any atom is 0.243 e. The summed E-state index contributed by atoms with van der Waals surface area (Å²) in [6.07, 6.45) is 4.92. The number of hydrogen-bond donors (Lipinski definition) is 2. The van der Waals surface area contributed by atoms with E-state index in [-0.39, 0.29) is 10.9 Å². The third kappa shape index (κ3) is 1.96. The molecule has 1 fully saturated rings. The standard InChI is InChI=1S/C8H13N3O2S/c1-6(7-2-3-7)11-14(12,13)8-4-9-10-5-8/h4-7,11H,2-3H2,1H3,(H,9,10). The van der Waals surface area contributed by atoms with Crippen LogP contribution in [0.1, 0.15) is 19.8 Å². The molecule has 0 bridgehead atoms. The minimum Gasteiger partial charge on any atom is -0.284 e. The molecule has 2 N–H and O–H groups in total. The zero-order valence-corrected chi connectivity index (χ0v) is 8.71. The van der Waals surface area contributed by atoms with Crippen molar-refractivity contribution in [3.05, 3.63) is 12.4 Å². The van der Waals surface area contributed by atoms with E-state index in [9.17, 15) is 8.42 Å². The molecule has 1 saturated carbocycles. The van der Waals surface area contributed by atoms with Crippen molar-refractivity contribution in [1.29, 1.82) is 0 Å². The number of rotatable bonds is 4. The van der Waals surface area contributed by atoms with Crippen LogP contribution in [0.3, 0.4) is 0 Å². The average Bonchev–Trinajstić information content (AvgIpc) is 2.80. The van der Waals surface area contributed by atoms with Gasteiger partial charge >= 0.3 is 0 Å². The molecule has 1 unspecified atom stereocenters. The summed E-state index contributed by atoms with van der Waals surface area (Å²) < 4.78 is 26.0. The van der Waals surface area contributed by atoms with Gasteiger partial charge in [0.05, 0.1) is 6.20 Å². The van der Waals surface area contributed by atoms with Crippen molar-refractivity contribution in [3.63, 3.8) is 0 Å². The fourth-order valence-electron chi connectivity index (χ4n) is 1.39. The smallest absolute Gasteiger partial charge is 0.243 e. The van der Waals surface area contributed by atoms with Crippen LogP contribution in [0.5, 0.6) is 0 Å². The van der Waals surface area contributed by atoms with Gasteiger partial charge in [0, 0.05) is 12.2 Å². The van der Waals surface area contributed by atoms with Crippen LogP contribution in [-0.4, -0.2) is 24.7 Å². The van der Waals surface area contributed by atoms with Gasteiger partial charge in [0.25, 0.3) is 0 Å². The fraction of sp³-hybridized carbons (Fsp3) is 0.625. The van der Waals surface area contributed by atoms with E-state index in [2.05, 4.69) is 14.9 Å². The Labute approximate surface area is 83.0 Å². The van der Waals surface area contributed by atoms with Crippen LogP contribution in [-0.2, 0) is 10.0 Å². The molecule has 1 aliphatic carbocycles. The largest absolute Gasteiger partial charge is 0.284 e. The Morgan fingerprint density at radius 1 is 1.64 bits per heavy atom. The zero-order valence-electron chi connectivity index (χ0n) is 7.90. The molecule has 0 saturated heterocycles. The summed E-state index contributed by atoms with van der Waals surface area (Å²) in [6, 6.07) is 0.0231. The Hall–Kier alpha value is -0.880. The molecule has 78 valence electrons. The monoisotopic (exact) mass is 215 g/mol. The molecule has 0 spiro atoms. The van der Waals surface area contributed by atoms with Crippen molar-refractivity contribution in [2.24, 2.45) is 5.92 Å². The highest BCUT2D eigenvalue weighted by molar-refractivity contribution is 7.89. The SMILES string of the molecule is CC(NS(=O)(=O)c1cn[nH]c1)C1CC1. The molecule has 1 aromatic heterocycles.